The number of aromatic amines is 1. The highest BCUT2D eigenvalue weighted by atomic mass is 32.2. The highest BCUT2D eigenvalue weighted by molar-refractivity contribution is 7.92. The van der Waals surface area contributed by atoms with Gasteiger partial charge in [-0.2, -0.15) is 0 Å². The van der Waals surface area contributed by atoms with Gasteiger partial charge < -0.3 is 9.72 Å². The summed E-state index contributed by atoms with van der Waals surface area (Å²) in [6.45, 7) is 8.18. The number of rotatable bonds is 5. The molecule has 148 valence electrons. The standard InChI is InChI=1S/C20H23N3O4S/c1-5-27-19(24)17-12-16-15(21-17)10-11-18(22-16)23-28(25,26)14-8-6-13(7-9-14)20(2,3)4/h6-12,21H,5H2,1-4H3,(H,22,23). The monoisotopic (exact) mass is 401 g/mol. The van der Waals surface area contributed by atoms with Crippen LogP contribution in [0.2, 0.25) is 0 Å². The molecule has 0 aliphatic heterocycles. The molecular weight excluding hydrogens is 378 g/mol. The summed E-state index contributed by atoms with van der Waals surface area (Å²) in [6.07, 6.45) is 0. The maximum absolute atomic E-state index is 12.7. The van der Waals surface area contributed by atoms with Crippen LogP contribution in [-0.4, -0.2) is 31.0 Å². The summed E-state index contributed by atoms with van der Waals surface area (Å²) in [5.74, 6) is -0.316. The van der Waals surface area contributed by atoms with E-state index in [0.29, 0.717) is 11.0 Å². The van der Waals surface area contributed by atoms with Gasteiger partial charge in [-0.05, 0) is 48.2 Å². The Morgan fingerprint density at radius 1 is 1.14 bits per heavy atom. The summed E-state index contributed by atoms with van der Waals surface area (Å²) in [5.41, 5.74) is 2.33. The van der Waals surface area contributed by atoms with Crippen LogP contribution in [0.1, 0.15) is 43.7 Å². The Morgan fingerprint density at radius 3 is 2.43 bits per heavy atom. The van der Waals surface area contributed by atoms with E-state index < -0.39 is 16.0 Å². The average Bonchev–Trinajstić information content (AvgIpc) is 3.04. The van der Waals surface area contributed by atoms with Crippen molar-refractivity contribution in [3.05, 3.63) is 53.7 Å². The van der Waals surface area contributed by atoms with Crippen molar-refractivity contribution in [2.45, 2.75) is 38.0 Å². The van der Waals surface area contributed by atoms with E-state index in [2.05, 4.69) is 35.5 Å². The van der Waals surface area contributed by atoms with Crippen LogP contribution in [-0.2, 0) is 20.2 Å². The van der Waals surface area contributed by atoms with Gasteiger partial charge in [-0.25, -0.2) is 18.2 Å². The summed E-state index contributed by atoms with van der Waals surface area (Å²) in [6, 6.07) is 11.5. The van der Waals surface area contributed by atoms with E-state index in [1.54, 1.807) is 25.1 Å². The number of hydrogen-bond donors (Lipinski definition) is 2. The number of ether oxygens (including phenoxy) is 1. The highest BCUT2D eigenvalue weighted by Gasteiger charge is 2.19. The van der Waals surface area contributed by atoms with E-state index in [4.69, 9.17) is 4.74 Å². The molecule has 0 unspecified atom stereocenters. The van der Waals surface area contributed by atoms with Crippen LogP contribution in [0.4, 0.5) is 5.82 Å². The van der Waals surface area contributed by atoms with E-state index in [0.717, 1.165) is 5.56 Å². The van der Waals surface area contributed by atoms with Crippen molar-refractivity contribution in [3.63, 3.8) is 0 Å². The van der Waals surface area contributed by atoms with Crippen LogP contribution in [0.3, 0.4) is 0 Å². The van der Waals surface area contributed by atoms with Gasteiger partial charge in [0.05, 0.1) is 22.5 Å². The van der Waals surface area contributed by atoms with Crippen molar-refractivity contribution in [3.8, 4) is 0 Å². The molecule has 7 nitrogen and oxygen atoms in total. The van der Waals surface area contributed by atoms with Gasteiger partial charge in [0.2, 0.25) is 0 Å². The summed E-state index contributed by atoms with van der Waals surface area (Å²) in [5, 5.41) is 0. The summed E-state index contributed by atoms with van der Waals surface area (Å²) in [4.78, 5) is 19.2. The Kier molecular flexibility index (Phi) is 5.16. The van der Waals surface area contributed by atoms with Gasteiger partial charge in [0.25, 0.3) is 10.0 Å². The fourth-order valence-electron chi connectivity index (χ4n) is 2.71. The van der Waals surface area contributed by atoms with Crippen LogP contribution in [0.25, 0.3) is 11.0 Å². The number of esters is 1. The topological polar surface area (TPSA) is 101 Å². The number of aromatic nitrogens is 2. The molecule has 3 aromatic rings. The molecule has 0 amide bonds. The minimum Gasteiger partial charge on any atom is -0.461 e. The van der Waals surface area contributed by atoms with Crippen molar-refractivity contribution in [2.24, 2.45) is 0 Å². The third-order valence-corrected chi connectivity index (χ3v) is 5.61. The van der Waals surface area contributed by atoms with Crippen molar-refractivity contribution in [1.82, 2.24) is 9.97 Å². The van der Waals surface area contributed by atoms with E-state index >= 15 is 0 Å². The number of nitrogens with one attached hydrogen (secondary N) is 2. The minimum atomic E-state index is -3.78. The lowest BCUT2D eigenvalue weighted by Gasteiger charge is -2.19. The first-order valence-electron chi connectivity index (χ1n) is 8.90. The molecule has 3 rings (SSSR count). The summed E-state index contributed by atoms with van der Waals surface area (Å²) < 4.78 is 32.8. The third-order valence-electron chi connectivity index (χ3n) is 4.24. The van der Waals surface area contributed by atoms with Gasteiger partial charge in [-0.3, -0.25) is 4.72 Å². The van der Waals surface area contributed by atoms with Gasteiger partial charge in [-0.1, -0.05) is 32.9 Å². The summed E-state index contributed by atoms with van der Waals surface area (Å²) in [7, 11) is -3.78. The van der Waals surface area contributed by atoms with Crippen molar-refractivity contribution < 1.29 is 17.9 Å². The number of fused-ring (bicyclic) bond motifs is 1. The zero-order valence-electron chi connectivity index (χ0n) is 16.2. The molecule has 1 aromatic carbocycles. The van der Waals surface area contributed by atoms with Crippen molar-refractivity contribution in [1.29, 1.82) is 0 Å². The predicted octanol–water partition coefficient (Wildman–Crippen LogP) is 3.84. The largest absolute Gasteiger partial charge is 0.461 e. The van der Waals surface area contributed by atoms with Crippen LogP contribution in [0.5, 0.6) is 0 Å². The number of nitrogens with zero attached hydrogens (tertiary/aromatic N) is 1. The molecule has 2 N–H and O–H groups in total. The lowest BCUT2D eigenvalue weighted by atomic mass is 9.87. The Balaban J connectivity index is 1.85. The Morgan fingerprint density at radius 2 is 1.82 bits per heavy atom. The normalized spacial score (nSPS) is 12.1. The number of pyridine rings is 1. The molecule has 0 spiro atoms. The maximum Gasteiger partial charge on any atom is 0.354 e. The van der Waals surface area contributed by atoms with Crippen LogP contribution < -0.4 is 4.72 Å². The SMILES string of the molecule is CCOC(=O)c1cc2nc(NS(=O)(=O)c3ccc(C(C)(C)C)cc3)ccc2[nH]1. The number of carbonyl (C=O) groups excluding carboxylic acids is 1. The van der Waals surface area contributed by atoms with Gasteiger partial charge in [0.1, 0.15) is 11.5 Å². The molecule has 0 aliphatic rings. The van der Waals surface area contributed by atoms with Crippen LogP contribution in [0, 0.1) is 0 Å². The first-order chi connectivity index (χ1) is 13.1. The minimum absolute atomic E-state index is 0.0623. The Bertz CT molecular complexity index is 1110. The maximum atomic E-state index is 12.7. The second kappa shape index (κ2) is 7.27. The molecule has 2 aromatic heterocycles. The van der Waals surface area contributed by atoms with Crippen LogP contribution in [0.15, 0.2) is 47.4 Å². The van der Waals surface area contributed by atoms with Gasteiger partial charge in [-0.15, -0.1) is 0 Å². The first-order valence-corrected chi connectivity index (χ1v) is 10.4. The zero-order chi connectivity index (χ0) is 20.5. The van der Waals surface area contributed by atoms with Crippen LogP contribution >= 0.6 is 0 Å². The average molecular weight is 401 g/mol. The Labute approximate surface area is 164 Å². The number of anilines is 1. The lowest BCUT2D eigenvalue weighted by Crippen LogP contribution is -2.15. The summed E-state index contributed by atoms with van der Waals surface area (Å²) >= 11 is 0. The zero-order valence-corrected chi connectivity index (χ0v) is 17.1. The molecule has 28 heavy (non-hydrogen) atoms. The number of carbonyl (C=O) groups is 1. The number of sulfonamides is 1. The third kappa shape index (κ3) is 4.17. The van der Waals surface area contributed by atoms with E-state index in [1.807, 2.05) is 12.1 Å². The molecule has 0 bridgehead atoms. The molecule has 2 heterocycles. The molecular formula is C20H23N3O4S. The second-order valence-electron chi connectivity index (χ2n) is 7.41. The van der Waals surface area contributed by atoms with Gasteiger partial charge in [0, 0.05) is 0 Å². The highest BCUT2D eigenvalue weighted by Crippen LogP contribution is 2.24. The molecule has 0 saturated heterocycles. The number of hydrogen-bond acceptors (Lipinski definition) is 5. The smallest absolute Gasteiger partial charge is 0.354 e. The van der Waals surface area contributed by atoms with E-state index in [9.17, 15) is 13.2 Å². The first kappa shape index (κ1) is 19.9. The molecule has 0 fully saturated rings. The van der Waals surface area contributed by atoms with Gasteiger partial charge in [0.15, 0.2) is 0 Å². The molecule has 0 radical (unpaired) electrons. The predicted molar refractivity (Wildman–Crippen MR) is 108 cm³/mol. The van der Waals surface area contributed by atoms with Crippen molar-refractivity contribution >= 4 is 32.8 Å². The van der Waals surface area contributed by atoms with Crippen molar-refractivity contribution in [2.75, 3.05) is 11.3 Å². The molecule has 0 atom stereocenters. The second-order valence-corrected chi connectivity index (χ2v) is 9.10. The number of H-pyrrole nitrogens is 1. The van der Waals surface area contributed by atoms with E-state index in [1.165, 1.54) is 12.1 Å². The molecule has 0 aliphatic carbocycles. The Hall–Kier alpha value is -2.87. The van der Waals surface area contributed by atoms with Gasteiger partial charge >= 0.3 is 5.97 Å². The fourth-order valence-corrected chi connectivity index (χ4v) is 3.72. The fraction of sp³-hybridized carbons (Fsp3) is 0.300. The van der Waals surface area contributed by atoms with E-state index in [-0.39, 0.29) is 28.4 Å². The quantitative estimate of drug-likeness (QED) is 0.633. The lowest BCUT2D eigenvalue weighted by molar-refractivity contribution is 0.0520. The molecule has 0 saturated carbocycles. The number of benzene rings is 1. The molecule has 8 heteroatoms.